The van der Waals surface area contributed by atoms with Crippen LogP contribution in [0.2, 0.25) is 5.02 Å². The second kappa shape index (κ2) is 8.18. The van der Waals surface area contributed by atoms with Crippen molar-refractivity contribution in [2.45, 2.75) is 24.2 Å². The predicted octanol–water partition coefficient (Wildman–Crippen LogP) is 3.01. The largest absolute Gasteiger partial charge is 0.481 e. The summed E-state index contributed by atoms with van der Waals surface area (Å²) in [4.78, 5) is 15.2. The van der Waals surface area contributed by atoms with E-state index in [2.05, 4.69) is 0 Å². The third-order valence-electron chi connectivity index (χ3n) is 4.32. The van der Waals surface area contributed by atoms with Crippen LogP contribution in [0, 0.1) is 6.92 Å². The van der Waals surface area contributed by atoms with E-state index in [1.54, 1.807) is 48.2 Å². The molecule has 0 spiro atoms. The molecular weight excluding hydrogens is 408 g/mol. The fourth-order valence-electron chi connectivity index (χ4n) is 2.88. The molecule has 9 heteroatoms. The van der Waals surface area contributed by atoms with Crippen LogP contribution in [0.4, 0.5) is 0 Å². The molecule has 3 rings (SSSR count). The third-order valence-corrected chi connectivity index (χ3v) is 7.92. The molecule has 1 atom stereocenters. The molecule has 0 aliphatic carbocycles. The Labute approximate surface area is 168 Å². The number of ether oxygens (including phenoxy) is 1. The maximum Gasteiger partial charge on any atom is 0.263 e. The highest BCUT2D eigenvalue weighted by Gasteiger charge is 2.32. The van der Waals surface area contributed by atoms with Crippen LogP contribution in [0.3, 0.4) is 0 Å². The van der Waals surface area contributed by atoms with Crippen molar-refractivity contribution >= 4 is 38.9 Å². The van der Waals surface area contributed by atoms with Gasteiger partial charge in [-0.05, 0) is 44.2 Å². The van der Waals surface area contributed by atoms with Crippen LogP contribution in [0.1, 0.15) is 11.8 Å². The Morgan fingerprint density at radius 1 is 1.19 bits per heavy atom. The van der Waals surface area contributed by atoms with Crippen LogP contribution in [0.15, 0.2) is 40.6 Å². The molecule has 0 unspecified atom stereocenters. The summed E-state index contributed by atoms with van der Waals surface area (Å²) in [6, 6.07) is 10.3. The number of benzene rings is 1. The highest BCUT2D eigenvalue weighted by atomic mass is 35.5. The van der Waals surface area contributed by atoms with Crippen molar-refractivity contribution in [2.24, 2.45) is 0 Å². The minimum atomic E-state index is -3.50. The Kier molecular flexibility index (Phi) is 6.10. The van der Waals surface area contributed by atoms with Crippen LogP contribution in [-0.4, -0.2) is 55.8 Å². The lowest BCUT2D eigenvalue weighted by atomic mass is 10.2. The van der Waals surface area contributed by atoms with Gasteiger partial charge in [0.2, 0.25) is 0 Å². The highest BCUT2D eigenvalue weighted by Crippen LogP contribution is 2.25. The molecule has 0 radical (unpaired) electrons. The van der Waals surface area contributed by atoms with Crippen LogP contribution >= 0.6 is 22.9 Å². The van der Waals surface area contributed by atoms with Gasteiger partial charge in [0.25, 0.3) is 15.9 Å². The second-order valence-corrected chi connectivity index (χ2v) is 10.2. The fourth-order valence-corrected chi connectivity index (χ4v) is 5.92. The summed E-state index contributed by atoms with van der Waals surface area (Å²) in [7, 11) is -3.50. The quantitative estimate of drug-likeness (QED) is 0.734. The van der Waals surface area contributed by atoms with Crippen molar-refractivity contribution in [2.75, 3.05) is 26.2 Å². The molecule has 1 aromatic carbocycles. The van der Waals surface area contributed by atoms with E-state index in [0.717, 1.165) is 4.88 Å². The Morgan fingerprint density at radius 2 is 1.89 bits per heavy atom. The Balaban J connectivity index is 1.59. The molecule has 27 heavy (non-hydrogen) atoms. The van der Waals surface area contributed by atoms with Gasteiger partial charge in [0.1, 0.15) is 9.96 Å². The summed E-state index contributed by atoms with van der Waals surface area (Å²) in [6.07, 6.45) is -0.674. The maximum atomic E-state index is 12.7. The number of hydrogen-bond donors (Lipinski definition) is 0. The Bertz CT molecular complexity index is 921. The lowest BCUT2D eigenvalue weighted by molar-refractivity contribution is -0.139. The monoisotopic (exact) mass is 428 g/mol. The lowest BCUT2D eigenvalue weighted by Gasteiger charge is -2.34. The zero-order valence-corrected chi connectivity index (χ0v) is 17.5. The number of halogens is 1. The molecule has 0 saturated carbocycles. The number of sulfonamides is 1. The summed E-state index contributed by atoms with van der Waals surface area (Å²) in [5.74, 6) is 0.358. The molecule has 6 nitrogen and oxygen atoms in total. The number of carbonyl (C=O) groups excluding carboxylic acids is 1. The van der Waals surface area contributed by atoms with Gasteiger partial charge in [0.05, 0.1) is 0 Å². The molecule has 1 saturated heterocycles. The van der Waals surface area contributed by atoms with E-state index < -0.39 is 16.1 Å². The summed E-state index contributed by atoms with van der Waals surface area (Å²) >= 11 is 7.19. The normalized spacial score (nSPS) is 16.9. The minimum absolute atomic E-state index is 0.168. The summed E-state index contributed by atoms with van der Waals surface area (Å²) < 4.78 is 32.8. The zero-order chi connectivity index (χ0) is 19.6. The molecule has 1 fully saturated rings. The van der Waals surface area contributed by atoms with Crippen LogP contribution in [-0.2, 0) is 14.8 Å². The van der Waals surface area contributed by atoms with Crippen molar-refractivity contribution in [3.63, 3.8) is 0 Å². The summed E-state index contributed by atoms with van der Waals surface area (Å²) in [5.41, 5.74) is 0. The molecule has 1 aliphatic heterocycles. The number of aryl methyl sites for hydroxylation is 1. The van der Waals surface area contributed by atoms with Crippen molar-refractivity contribution in [1.82, 2.24) is 9.21 Å². The topological polar surface area (TPSA) is 66.9 Å². The average molecular weight is 429 g/mol. The molecule has 1 aromatic heterocycles. The first kappa shape index (κ1) is 20.1. The van der Waals surface area contributed by atoms with Gasteiger partial charge < -0.3 is 9.64 Å². The standard InChI is InChI=1S/C18H21ClN2O4S2/c1-13-6-7-17(26-13)27(23,24)21-10-8-20(9-11-21)18(22)14(2)25-16-5-3-4-15(19)12-16/h3-7,12,14H,8-11H2,1-2H3/t14-/m1/s1. The number of piperazine rings is 1. The van der Waals surface area contributed by atoms with Crippen LogP contribution in [0.25, 0.3) is 0 Å². The fraction of sp³-hybridized carbons (Fsp3) is 0.389. The van der Waals surface area contributed by atoms with Gasteiger partial charge in [0.15, 0.2) is 6.10 Å². The molecule has 2 heterocycles. The SMILES string of the molecule is Cc1ccc(S(=O)(=O)N2CCN(C(=O)[C@@H](C)Oc3cccc(Cl)c3)CC2)s1. The summed E-state index contributed by atoms with van der Waals surface area (Å²) in [5, 5.41) is 0.537. The van der Waals surface area contributed by atoms with E-state index in [-0.39, 0.29) is 19.0 Å². The molecule has 0 bridgehead atoms. The van der Waals surface area contributed by atoms with Crippen molar-refractivity contribution < 1.29 is 17.9 Å². The Hall–Kier alpha value is -1.61. The van der Waals surface area contributed by atoms with Gasteiger partial charge in [0, 0.05) is 36.1 Å². The van der Waals surface area contributed by atoms with Gasteiger partial charge in [-0.1, -0.05) is 17.7 Å². The smallest absolute Gasteiger partial charge is 0.263 e. The number of nitrogens with zero attached hydrogens (tertiary/aromatic N) is 2. The number of thiophene rings is 1. The number of hydrogen-bond acceptors (Lipinski definition) is 5. The minimum Gasteiger partial charge on any atom is -0.481 e. The van der Waals surface area contributed by atoms with Crippen LogP contribution in [0.5, 0.6) is 5.75 Å². The third kappa shape index (κ3) is 4.63. The van der Waals surface area contributed by atoms with E-state index in [1.165, 1.54) is 15.6 Å². The average Bonchev–Trinajstić information content (AvgIpc) is 3.08. The van der Waals surface area contributed by atoms with E-state index >= 15 is 0 Å². The molecular formula is C18H21ClN2O4S2. The van der Waals surface area contributed by atoms with E-state index in [9.17, 15) is 13.2 Å². The molecule has 0 N–H and O–H groups in total. The van der Waals surface area contributed by atoms with Crippen molar-refractivity contribution in [3.05, 3.63) is 46.3 Å². The molecule has 1 amide bonds. The lowest BCUT2D eigenvalue weighted by Crippen LogP contribution is -2.53. The van der Waals surface area contributed by atoms with Crippen molar-refractivity contribution in [1.29, 1.82) is 0 Å². The van der Waals surface area contributed by atoms with Crippen LogP contribution < -0.4 is 4.74 Å². The number of amides is 1. The van der Waals surface area contributed by atoms with E-state index in [4.69, 9.17) is 16.3 Å². The number of carbonyl (C=O) groups is 1. The van der Waals surface area contributed by atoms with Crippen molar-refractivity contribution in [3.8, 4) is 5.75 Å². The predicted molar refractivity (Wildman–Crippen MR) is 106 cm³/mol. The molecule has 1 aliphatic rings. The Morgan fingerprint density at radius 3 is 2.48 bits per heavy atom. The highest BCUT2D eigenvalue weighted by molar-refractivity contribution is 7.91. The number of rotatable bonds is 5. The van der Waals surface area contributed by atoms with E-state index in [1.807, 2.05) is 6.92 Å². The maximum absolute atomic E-state index is 12.7. The first-order valence-corrected chi connectivity index (χ1v) is 11.2. The zero-order valence-electron chi connectivity index (χ0n) is 15.1. The molecule has 2 aromatic rings. The van der Waals surface area contributed by atoms with Gasteiger partial charge in [-0.15, -0.1) is 11.3 Å². The van der Waals surface area contributed by atoms with Gasteiger partial charge in [-0.25, -0.2) is 8.42 Å². The molecule has 146 valence electrons. The summed E-state index contributed by atoms with van der Waals surface area (Å²) in [6.45, 7) is 4.78. The first-order chi connectivity index (χ1) is 12.8. The van der Waals surface area contributed by atoms with Gasteiger partial charge in [-0.3, -0.25) is 4.79 Å². The van der Waals surface area contributed by atoms with E-state index in [0.29, 0.717) is 28.1 Å². The van der Waals surface area contributed by atoms with Gasteiger partial charge >= 0.3 is 0 Å². The first-order valence-electron chi connectivity index (χ1n) is 8.55. The van der Waals surface area contributed by atoms with Gasteiger partial charge in [-0.2, -0.15) is 4.31 Å². The second-order valence-electron chi connectivity index (χ2n) is 6.31.